The standard InChI is InChI=1S/C20H21F2NO4/c1-3-26-16-6-4-13-8-9-23(12-15(13)10-16)19(24)14-5-7-17(27-20(21)22)18(11-14)25-2/h4-7,10-11,20H,3,8-9,12H2,1-2H3. The van der Waals surface area contributed by atoms with Gasteiger partial charge in [-0.2, -0.15) is 8.78 Å². The van der Waals surface area contributed by atoms with E-state index in [1.807, 2.05) is 25.1 Å². The smallest absolute Gasteiger partial charge is 0.387 e. The van der Waals surface area contributed by atoms with E-state index in [0.29, 0.717) is 25.3 Å². The van der Waals surface area contributed by atoms with E-state index in [0.717, 1.165) is 17.7 Å². The van der Waals surface area contributed by atoms with Crippen LogP contribution in [0.5, 0.6) is 17.2 Å². The summed E-state index contributed by atoms with van der Waals surface area (Å²) in [5.41, 5.74) is 2.60. The van der Waals surface area contributed by atoms with Gasteiger partial charge in [0.05, 0.1) is 13.7 Å². The van der Waals surface area contributed by atoms with E-state index in [9.17, 15) is 13.6 Å². The van der Waals surface area contributed by atoms with Gasteiger partial charge in [-0.3, -0.25) is 4.79 Å². The Morgan fingerprint density at radius 1 is 1.15 bits per heavy atom. The summed E-state index contributed by atoms with van der Waals surface area (Å²) in [6.45, 7) is 0.584. The molecule has 0 fully saturated rings. The molecule has 0 atom stereocenters. The molecule has 1 amide bonds. The second-order valence-electron chi connectivity index (χ2n) is 6.08. The molecule has 27 heavy (non-hydrogen) atoms. The molecule has 0 aromatic heterocycles. The summed E-state index contributed by atoms with van der Waals surface area (Å²) in [4.78, 5) is 14.6. The number of halogens is 2. The Balaban J connectivity index is 1.79. The van der Waals surface area contributed by atoms with Gasteiger partial charge in [0.2, 0.25) is 0 Å². The molecule has 144 valence electrons. The van der Waals surface area contributed by atoms with Crippen LogP contribution < -0.4 is 14.2 Å². The van der Waals surface area contributed by atoms with Crippen LogP contribution in [0.4, 0.5) is 8.78 Å². The van der Waals surface area contributed by atoms with Gasteiger partial charge in [0.15, 0.2) is 11.5 Å². The van der Waals surface area contributed by atoms with Crippen LogP contribution in [-0.2, 0) is 13.0 Å². The van der Waals surface area contributed by atoms with E-state index in [2.05, 4.69) is 4.74 Å². The van der Waals surface area contributed by atoms with Crippen LogP contribution in [0.1, 0.15) is 28.4 Å². The molecule has 2 aromatic rings. The lowest BCUT2D eigenvalue weighted by molar-refractivity contribution is -0.0512. The molecule has 3 rings (SSSR count). The lowest BCUT2D eigenvalue weighted by Crippen LogP contribution is -2.36. The van der Waals surface area contributed by atoms with Crippen LogP contribution in [0.25, 0.3) is 0 Å². The zero-order valence-electron chi connectivity index (χ0n) is 15.2. The molecule has 1 heterocycles. The molecule has 0 spiro atoms. The maximum Gasteiger partial charge on any atom is 0.387 e. The van der Waals surface area contributed by atoms with Crippen molar-refractivity contribution in [3.63, 3.8) is 0 Å². The predicted molar refractivity (Wildman–Crippen MR) is 95.7 cm³/mol. The zero-order chi connectivity index (χ0) is 19.4. The van der Waals surface area contributed by atoms with E-state index in [1.165, 1.54) is 30.9 Å². The summed E-state index contributed by atoms with van der Waals surface area (Å²) >= 11 is 0. The number of rotatable bonds is 6. The molecule has 1 aliphatic heterocycles. The minimum absolute atomic E-state index is 0.0946. The quantitative estimate of drug-likeness (QED) is 0.766. The molecule has 0 unspecified atom stereocenters. The number of carbonyl (C=O) groups is 1. The van der Waals surface area contributed by atoms with Crippen molar-refractivity contribution in [2.24, 2.45) is 0 Å². The van der Waals surface area contributed by atoms with Crippen LogP contribution in [0.2, 0.25) is 0 Å². The molecule has 5 nitrogen and oxygen atoms in total. The lowest BCUT2D eigenvalue weighted by Gasteiger charge is -2.29. The summed E-state index contributed by atoms with van der Waals surface area (Å²) in [5.74, 6) is 0.580. The SMILES string of the molecule is CCOc1ccc2c(c1)CN(C(=O)c1ccc(OC(F)F)c(OC)c1)CC2. The van der Waals surface area contributed by atoms with E-state index in [1.54, 1.807) is 4.90 Å². The molecular formula is C20H21F2NO4. The first-order chi connectivity index (χ1) is 13.0. The molecule has 7 heteroatoms. The highest BCUT2D eigenvalue weighted by molar-refractivity contribution is 5.95. The highest BCUT2D eigenvalue weighted by Crippen LogP contribution is 2.31. The molecule has 0 saturated heterocycles. The number of nitrogens with zero attached hydrogens (tertiary/aromatic N) is 1. The Hall–Kier alpha value is -2.83. The first-order valence-corrected chi connectivity index (χ1v) is 8.68. The first kappa shape index (κ1) is 18.9. The monoisotopic (exact) mass is 377 g/mol. The largest absolute Gasteiger partial charge is 0.494 e. The van der Waals surface area contributed by atoms with Gasteiger partial charge in [0.25, 0.3) is 5.91 Å². The van der Waals surface area contributed by atoms with Crippen molar-refractivity contribution >= 4 is 5.91 Å². The van der Waals surface area contributed by atoms with Crippen LogP contribution in [0.15, 0.2) is 36.4 Å². The van der Waals surface area contributed by atoms with Gasteiger partial charge in [-0.1, -0.05) is 6.07 Å². The fraction of sp³-hybridized carbons (Fsp3) is 0.350. The third-order valence-corrected chi connectivity index (χ3v) is 4.41. The van der Waals surface area contributed by atoms with Gasteiger partial charge in [0.1, 0.15) is 5.75 Å². The van der Waals surface area contributed by atoms with E-state index < -0.39 is 6.61 Å². The number of hydrogen-bond donors (Lipinski definition) is 0. The minimum Gasteiger partial charge on any atom is -0.494 e. The summed E-state index contributed by atoms with van der Waals surface area (Å²) in [6.07, 6.45) is 0.747. The molecule has 0 saturated carbocycles. The fourth-order valence-corrected chi connectivity index (χ4v) is 3.14. The van der Waals surface area contributed by atoms with Crippen molar-refractivity contribution in [3.05, 3.63) is 53.1 Å². The Labute approximate surface area is 156 Å². The van der Waals surface area contributed by atoms with Gasteiger partial charge in [-0.15, -0.1) is 0 Å². The number of hydrogen-bond acceptors (Lipinski definition) is 4. The normalized spacial score (nSPS) is 13.3. The third-order valence-electron chi connectivity index (χ3n) is 4.41. The zero-order valence-corrected chi connectivity index (χ0v) is 15.2. The number of fused-ring (bicyclic) bond motifs is 1. The second kappa shape index (κ2) is 8.24. The minimum atomic E-state index is -2.96. The summed E-state index contributed by atoms with van der Waals surface area (Å²) in [5, 5.41) is 0. The Morgan fingerprint density at radius 3 is 2.67 bits per heavy atom. The summed E-state index contributed by atoms with van der Waals surface area (Å²) in [7, 11) is 1.34. The molecular weight excluding hydrogens is 356 g/mol. The van der Waals surface area contributed by atoms with E-state index in [-0.39, 0.29) is 17.4 Å². The van der Waals surface area contributed by atoms with Crippen molar-refractivity contribution in [1.82, 2.24) is 4.90 Å². The Kier molecular flexibility index (Phi) is 5.78. The average molecular weight is 377 g/mol. The molecule has 0 bridgehead atoms. The number of carbonyl (C=O) groups excluding carboxylic acids is 1. The van der Waals surface area contributed by atoms with Gasteiger partial charge in [-0.05, 0) is 54.8 Å². The van der Waals surface area contributed by atoms with Crippen LogP contribution in [0, 0.1) is 0 Å². The van der Waals surface area contributed by atoms with Crippen LogP contribution in [-0.4, -0.2) is 37.7 Å². The van der Waals surface area contributed by atoms with Gasteiger partial charge in [0, 0.05) is 18.7 Å². The van der Waals surface area contributed by atoms with E-state index in [4.69, 9.17) is 9.47 Å². The molecule has 1 aliphatic rings. The van der Waals surface area contributed by atoms with Crippen LogP contribution in [0.3, 0.4) is 0 Å². The third kappa shape index (κ3) is 4.30. The highest BCUT2D eigenvalue weighted by Gasteiger charge is 2.23. The highest BCUT2D eigenvalue weighted by atomic mass is 19.3. The molecule has 0 radical (unpaired) electrons. The second-order valence-corrected chi connectivity index (χ2v) is 6.08. The number of amides is 1. The van der Waals surface area contributed by atoms with Crippen molar-refractivity contribution < 1.29 is 27.8 Å². The van der Waals surface area contributed by atoms with Gasteiger partial charge < -0.3 is 19.1 Å². The predicted octanol–water partition coefficient (Wildman–Crippen LogP) is 3.89. The summed E-state index contributed by atoms with van der Waals surface area (Å²) < 4.78 is 39.9. The van der Waals surface area contributed by atoms with Crippen LogP contribution >= 0.6 is 0 Å². The molecule has 0 aliphatic carbocycles. The van der Waals surface area contributed by atoms with Gasteiger partial charge in [-0.25, -0.2) is 0 Å². The Bertz CT molecular complexity index is 826. The maximum atomic E-state index is 12.9. The van der Waals surface area contributed by atoms with Crippen molar-refractivity contribution in [1.29, 1.82) is 0 Å². The number of ether oxygens (including phenoxy) is 3. The van der Waals surface area contributed by atoms with Crippen molar-refractivity contribution in [3.8, 4) is 17.2 Å². The maximum absolute atomic E-state index is 12.9. The Morgan fingerprint density at radius 2 is 1.96 bits per heavy atom. The number of methoxy groups -OCH3 is 1. The number of alkyl halides is 2. The molecule has 2 aromatic carbocycles. The van der Waals surface area contributed by atoms with E-state index >= 15 is 0 Å². The summed E-state index contributed by atoms with van der Waals surface area (Å²) in [6, 6.07) is 10.1. The first-order valence-electron chi connectivity index (χ1n) is 8.68. The van der Waals surface area contributed by atoms with Crippen molar-refractivity contribution in [2.75, 3.05) is 20.3 Å². The van der Waals surface area contributed by atoms with Gasteiger partial charge >= 0.3 is 6.61 Å². The fourth-order valence-electron chi connectivity index (χ4n) is 3.14. The topological polar surface area (TPSA) is 48.0 Å². The lowest BCUT2D eigenvalue weighted by atomic mass is 9.98. The number of benzene rings is 2. The molecule has 0 N–H and O–H groups in total. The average Bonchev–Trinajstić information content (AvgIpc) is 2.67. The van der Waals surface area contributed by atoms with Crippen molar-refractivity contribution in [2.45, 2.75) is 26.5 Å².